The van der Waals surface area contributed by atoms with Crippen molar-refractivity contribution < 1.29 is 40.2 Å². The summed E-state index contributed by atoms with van der Waals surface area (Å²) in [6.45, 7) is 0. The van der Waals surface area contributed by atoms with Crippen molar-refractivity contribution in [3.63, 3.8) is 0 Å². The van der Waals surface area contributed by atoms with E-state index in [1.165, 1.54) is 0 Å². The number of hydrogen-bond donors (Lipinski definition) is 6. The van der Waals surface area contributed by atoms with Gasteiger partial charge in [-0.1, -0.05) is 0 Å². The fourth-order valence-electron chi connectivity index (χ4n) is 0.156. The molecule has 0 saturated heterocycles. The van der Waals surface area contributed by atoms with Crippen molar-refractivity contribution in [2.45, 2.75) is 12.1 Å². The van der Waals surface area contributed by atoms with Gasteiger partial charge in [-0.25, -0.2) is 0 Å². The first-order valence-corrected chi connectivity index (χ1v) is 4.81. The van der Waals surface area contributed by atoms with Crippen molar-refractivity contribution >= 4 is 37.2 Å². The molecule has 15 heavy (non-hydrogen) atoms. The molecule has 0 unspecified atom stereocenters. The monoisotopic (exact) mass is 348 g/mol. The molecule has 0 rings (SSSR count). The number of hydrogen-bond acceptors (Lipinski definition) is 6. The maximum absolute atomic E-state index is 9.76. The molecule has 0 bridgehead atoms. The van der Waals surface area contributed by atoms with Gasteiger partial charge in [-0.3, -0.25) is 9.59 Å². The van der Waals surface area contributed by atoms with Crippen molar-refractivity contribution in [2.75, 3.05) is 11.5 Å². The van der Waals surface area contributed by atoms with Crippen LogP contribution in [-0.4, -0.2) is 45.7 Å². The van der Waals surface area contributed by atoms with Gasteiger partial charge in [0.25, 0.3) is 0 Å². The Labute approximate surface area is 112 Å². The number of carboxylic acid groups (broad SMARTS) is 2. The Morgan fingerprint density at radius 1 is 1.00 bits per heavy atom. The average Bonchev–Trinajstić information content (AvgIpc) is 2.15. The summed E-state index contributed by atoms with van der Waals surface area (Å²) in [7, 11) is 0. The standard InChI is InChI=1S/2C3H7NO2S.Pd/c2*4-2(1-7)3(5)6;/h2*2,7H,1,4H2,(H,5,6);/t2*2-;/m00./s1. The third-order valence-corrected chi connectivity index (χ3v) is 1.81. The molecule has 94 valence electrons. The van der Waals surface area contributed by atoms with Crippen LogP contribution < -0.4 is 11.5 Å². The predicted molar refractivity (Wildman–Crippen MR) is 58.9 cm³/mol. The van der Waals surface area contributed by atoms with Gasteiger partial charge in [-0.05, 0) is 0 Å². The fourth-order valence-corrected chi connectivity index (χ4v) is 0.469. The number of carbonyl (C=O) groups is 2. The van der Waals surface area contributed by atoms with E-state index in [0.717, 1.165) is 0 Å². The molecule has 0 aromatic heterocycles. The quantitative estimate of drug-likeness (QED) is 0.276. The van der Waals surface area contributed by atoms with E-state index in [4.69, 9.17) is 21.7 Å². The molecule has 0 amide bonds. The number of rotatable bonds is 4. The molecule has 0 heterocycles. The minimum absolute atomic E-state index is 0. The van der Waals surface area contributed by atoms with E-state index < -0.39 is 24.0 Å². The van der Waals surface area contributed by atoms with Crippen LogP contribution in [0, 0.1) is 0 Å². The van der Waals surface area contributed by atoms with Crippen LogP contribution in [0.2, 0.25) is 0 Å². The predicted octanol–water partition coefficient (Wildman–Crippen LogP) is -1.35. The van der Waals surface area contributed by atoms with Crippen LogP contribution >= 0.6 is 25.3 Å². The first-order chi connectivity index (χ1) is 6.36. The largest absolute Gasteiger partial charge is 0.480 e. The Kier molecular flexibility index (Phi) is 16.9. The Morgan fingerprint density at radius 2 is 1.20 bits per heavy atom. The van der Waals surface area contributed by atoms with E-state index in [9.17, 15) is 9.59 Å². The molecule has 6 N–H and O–H groups in total. The van der Waals surface area contributed by atoms with E-state index in [1.54, 1.807) is 0 Å². The van der Waals surface area contributed by atoms with Crippen molar-refractivity contribution in [3.05, 3.63) is 0 Å². The second kappa shape index (κ2) is 12.3. The summed E-state index contributed by atoms with van der Waals surface area (Å²) in [5.74, 6) is -1.63. The molecule has 0 aromatic carbocycles. The second-order valence-corrected chi connectivity index (χ2v) is 2.98. The molecule has 0 aromatic rings. The second-order valence-electron chi connectivity index (χ2n) is 2.25. The van der Waals surface area contributed by atoms with Gasteiger partial charge in [0.1, 0.15) is 12.1 Å². The Hall–Kier alpha value is 0.222. The van der Waals surface area contributed by atoms with E-state index >= 15 is 0 Å². The van der Waals surface area contributed by atoms with Gasteiger partial charge in [0, 0.05) is 31.9 Å². The zero-order chi connectivity index (χ0) is 11.7. The maximum atomic E-state index is 9.76. The van der Waals surface area contributed by atoms with Gasteiger partial charge >= 0.3 is 11.9 Å². The number of nitrogens with two attached hydrogens (primary N) is 2. The van der Waals surface area contributed by atoms with Gasteiger partial charge in [-0.15, -0.1) is 0 Å². The molecule has 0 saturated carbocycles. The van der Waals surface area contributed by atoms with E-state index in [0.29, 0.717) is 0 Å². The van der Waals surface area contributed by atoms with Crippen molar-refractivity contribution in [1.82, 2.24) is 0 Å². The molecule has 0 aliphatic carbocycles. The fraction of sp³-hybridized carbons (Fsp3) is 0.667. The topological polar surface area (TPSA) is 127 Å². The zero-order valence-electron chi connectivity index (χ0n) is 7.65. The summed E-state index contributed by atoms with van der Waals surface area (Å²) in [6.07, 6.45) is 0. The van der Waals surface area contributed by atoms with Gasteiger partial charge in [-0.2, -0.15) is 25.3 Å². The molecule has 2 atom stereocenters. The third kappa shape index (κ3) is 14.2. The molecular weight excluding hydrogens is 335 g/mol. The maximum Gasteiger partial charge on any atom is 0.321 e. The number of carboxylic acids is 2. The van der Waals surface area contributed by atoms with Crippen molar-refractivity contribution in [1.29, 1.82) is 0 Å². The molecule has 0 spiro atoms. The third-order valence-electron chi connectivity index (χ3n) is 1.03. The minimum Gasteiger partial charge on any atom is -0.480 e. The smallest absolute Gasteiger partial charge is 0.321 e. The molecule has 0 fully saturated rings. The summed E-state index contributed by atoms with van der Waals surface area (Å²) >= 11 is 7.30. The molecule has 6 nitrogen and oxygen atoms in total. The van der Waals surface area contributed by atoms with Gasteiger partial charge < -0.3 is 21.7 Å². The normalized spacial score (nSPS) is 12.5. The molecule has 0 radical (unpaired) electrons. The van der Waals surface area contributed by atoms with Crippen molar-refractivity contribution in [3.8, 4) is 0 Å². The summed E-state index contributed by atoms with van der Waals surface area (Å²) < 4.78 is 0. The van der Waals surface area contributed by atoms with Crippen LogP contribution in [0.3, 0.4) is 0 Å². The van der Waals surface area contributed by atoms with Gasteiger partial charge in [0.2, 0.25) is 0 Å². The van der Waals surface area contributed by atoms with E-state index in [-0.39, 0.29) is 31.9 Å². The van der Waals surface area contributed by atoms with Gasteiger partial charge in [0.05, 0.1) is 0 Å². The minimum atomic E-state index is -1.00. The first-order valence-electron chi connectivity index (χ1n) is 3.55. The summed E-state index contributed by atoms with van der Waals surface area (Å²) in [6, 6.07) is -1.63. The molecular formula is C6H14N2O4PdS2. The molecule has 9 heteroatoms. The number of thiol groups is 2. The summed E-state index contributed by atoms with van der Waals surface area (Å²) in [4.78, 5) is 19.5. The SMILES string of the molecule is N[C@@H](CS)C(=O)O.N[C@@H](CS)C(=O)O.[Pd]. The van der Waals surface area contributed by atoms with E-state index in [1.807, 2.05) is 0 Å². The molecule has 0 aliphatic heterocycles. The Bertz CT molecular complexity index is 176. The zero-order valence-corrected chi connectivity index (χ0v) is 11.0. The van der Waals surface area contributed by atoms with Crippen LogP contribution in [0.1, 0.15) is 0 Å². The summed E-state index contributed by atoms with van der Waals surface area (Å²) in [5, 5.41) is 16.0. The average molecular weight is 349 g/mol. The first kappa shape index (κ1) is 20.6. The van der Waals surface area contributed by atoms with Crippen molar-refractivity contribution in [2.24, 2.45) is 11.5 Å². The van der Waals surface area contributed by atoms with Crippen LogP contribution in [0.4, 0.5) is 0 Å². The van der Waals surface area contributed by atoms with Crippen LogP contribution in [0.15, 0.2) is 0 Å². The Morgan fingerprint density at radius 3 is 1.20 bits per heavy atom. The number of aliphatic carboxylic acids is 2. The van der Waals surface area contributed by atoms with Crippen LogP contribution in [0.25, 0.3) is 0 Å². The van der Waals surface area contributed by atoms with Crippen LogP contribution in [-0.2, 0) is 30.0 Å². The van der Waals surface area contributed by atoms with Crippen LogP contribution in [0.5, 0.6) is 0 Å². The molecule has 0 aliphatic rings. The van der Waals surface area contributed by atoms with Gasteiger partial charge in [0.15, 0.2) is 0 Å². The summed E-state index contributed by atoms with van der Waals surface area (Å²) in [5.41, 5.74) is 9.88. The Balaban J connectivity index is -0.000000180. The van der Waals surface area contributed by atoms with E-state index in [2.05, 4.69) is 25.3 Å².